The summed E-state index contributed by atoms with van der Waals surface area (Å²) < 4.78 is 64.0. The summed E-state index contributed by atoms with van der Waals surface area (Å²) in [5, 5.41) is 4.94. The number of hydrogen-bond donors (Lipinski definition) is 1. The number of carbonyl (C=O) groups is 1. The Balaban J connectivity index is 1.78. The lowest BCUT2D eigenvalue weighted by Crippen LogP contribution is -2.31. The van der Waals surface area contributed by atoms with Gasteiger partial charge in [-0.2, -0.15) is 13.2 Å². The number of thiophene rings is 2. The Morgan fingerprint density at radius 1 is 1.00 bits per heavy atom. The molecule has 0 saturated heterocycles. The number of nitrogens with one attached hydrogen (secondary N) is 1. The zero-order chi connectivity index (χ0) is 20.4. The summed E-state index contributed by atoms with van der Waals surface area (Å²) in [5.74, 6) is -0.642. The number of carbonyl (C=O) groups excluding carboxylic acids is 1. The van der Waals surface area contributed by atoms with Crippen molar-refractivity contribution < 1.29 is 26.4 Å². The lowest BCUT2D eigenvalue weighted by molar-refractivity contribution is -0.137. The van der Waals surface area contributed by atoms with Crippen LogP contribution in [-0.2, 0) is 16.0 Å². The van der Waals surface area contributed by atoms with Gasteiger partial charge in [0.15, 0.2) is 9.84 Å². The van der Waals surface area contributed by atoms with Gasteiger partial charge in [-0.15, -0.1) is 22.7 Å². The van der Waals surface area contributed by atoms with Crippen molar-refractivity contribution in [3.8, 4) is 0 Å². The van der Waals surface area contributed by atoms with Crippen LogP contribution in [0.1, 0.15) is 26.0 Å². The molecule has 0 fully saturated rings. The highest BCUT2D eigenvalue weighted by molar-refractivity contribution is 7.93. The van der Waals surface area contributed by atoms with Crippen molar-refractivity contribution in [3.63, 3.8) is 0 Å². The minimum Gasteiger partial charge on any atom is -0.350 e. The van der Waals surface area contributed by atoms with Crippen LogP contribution in [-0.4, -0.2) is 20.9 Å². The van der Waals surface area contributed by atoms with Crippen LogP contribution in [0.3, 0.4) is 0 Å². The molecular weight excluding hydrogens is 431 g/mol. The van der Waals surface area contributed by atoms with Crippen LogP contribution >= 0.6 is 22.7 Å². The van der Waals surface area contributed by atoms with Crippen molar-refractivity contribution in [2.24, 2.45) is 0 Å². The lowest BCUT2D eigenvalue weighted by atomic mass is 10.1. The fourth-order valence-corrected chi connectivity index (χ4v) is 6.49. The third-order valence-electron chi connectivity index (χ3n) is 3.93. The molecule has 0 bridgehead atoms. The molecule has 1 atom stereocenters. The number of sulfone groups is 1. The average molecular weight is 446 g/mol. The highest BCUT2D eigenvalue weighted by Crippen LogP contribution is 2.33. The predicted molar refractivity (Wildman–Crippen MR) is 102 cm³/mol. The maximum absolute atomic E-state index is 12.9. The highest BCUT2D eigenvalue weighted by atomic mass is 32.2. The second-order valence-corrected chi connectivity index (χ2v) is 10.1. The van der Waals surface area contributed by atoms with Crippen molar-refractivity contribution >= 4 is 38.4 Å². The van der Waals surface area contributed by atoms with Crippen LogP contribution < -0.4 is 5.32 Å². The average Bonchev–Trinajstić information content (AvgIpc) is 3.35. The van der Waals surface area contributed by atoms with E-state index in [1.54, 1.807) is 29.0 Å². The van der Waals surface area contributed by atoms with E-state index in [1.165, 1.54) is 17.4 Å². The minimum absolute atomic E-state index is 0.0199. The maximum Gasteiger partial charge on any atom is 0.416 e. The zero-order valence-corrected chi connectivity index (χ0v) is 16.6. The summed E-state index contributed by atoms with van der Waals surface area (Å²) >= 11 is 2.34. The van der Waals surface area contributed by atoms with Gasteiger partial charge in [-0.3, -0.25) is 4.79 Å². The summed E-state index contributed by atoms with van der Waals surface area (Å²) in [6, 6.07) is 10.3. The van der Waals surface area contributed by atoms with Crippen LogP contribution in [0.25, 0.3) is 0 Å². The number of rotatable bonds is 6. The van der Waals surface area contributed by atoms with Crippen LogP contribution in [0.15, 0.2) is 63.5 Å². The monoisotopic (exact) mass is 445 g/mol. The SMILES string of the molecule is O=C(NCC(c1cccs1)S(=O)(=O)c1cccs1)c1ccc(C(F)(F)F)cc1. The summed E-state index contributed by atoms with van der Waals surface area (Å²) in [6.07, 6.45) is -4.49. The van der Waals surface area contributed by atoms with E-state index in [0.29, 0.717) is 4.88 Å². The van der Waals surface area contributed by atoms with Gasteiger partial charge >= 0.3 is 6.18 Å². The first-order valence-electron chi connectivity index (χ1n) is 7.96. The predicted octanol–water partition coefficient (Wildman–Crippen LogP) is 4.77. The Bertz CT molecular complexity index is 1030. The number of benzene rings is 1. The molecule has 3 aromatic rings. The Labute approximate surface area is 167 Å². The van der Waals surface area contributed by atoms with Gasteiger partial charge in [0, 0.05) is 17.0 Å². The third kappa shape index (κ3) is 4.45. The number of halogens is 3. The van der Waals surface area contributed by atoms with E-state index >= 15 is 0 Å². The van der Waals surface area contributed by atoms with Gasteiger partial charge in [0.2, 0.25) is 0 Å². The molecule has 1 aromatic carbocycles. The molecule has 0 aliphatic heterocycles. The molecule has 1 unspecified atom stereocenters. The van der Waals surface area contributed by atoms with E-state index in [1.807, 2.05) is 0 Å². The summed E-state index contributed by atoms with van der Waals surface area (Å²) in [7, 11) is -3.72. The highest BCUT2D eigenvalue weighted by Gasteiger charge is 2.32. The van der Waals surface area contributed by atoms with E-state index in [2.05, 4.69) is 5.32 Å². The molecule has 1 amide bonds. The molecule has 3 rings (SSSR count). The van der Waals surface area contributed by atoms with Gasteiger partial charge in [0.05, 0.1) is 5.56 Å². The van der Waals surface area contributed by atoms with E-state index < -0.39 is 32.7 Å². The van der Waals surface area contributed by atoms with Gasteiger partial charge in [-0.25, -0.2) is 8.42 Å². The first-order valence-corrected chi connectivity index (χ1v) is 11.3. The fraction of sp³-hybridized carbons (Fsp3) is 0.167. The third-order valence-corrected chi connectivity index (χ3v) is 8.58. The van der Waals surface area contributed by atoms with Gasteiger partial charge in [-0.1, -0.05) is 12.1 Å². The largest absolute Gasteiger partial charge is 0.416 e. The molecule has 148 valence electrons. The van der Waals surface area contributed by atoms with Gasteiger partial charge in [-0.05, 0) is 47.2 Å². The molecule has 2 aromatic heterocycles. The van der Waals surface area contributed by atoms with Crippen molar-refractivity contribution in [3.05, 3.63) is 75.3 Å². The molecule has 0 aliphatic carbocycles. The summed E-state index contributed by atoms with van der Waals surface area (Å²) in [5.41, 5.74) is -0.841. The first kappa shape index (κ1) is 20.6. The maximum atomic E-state index is 12.9. The quantitative estimate of drug-likeness (QED) is 0.594. The van der Waals surface area contributed by atoms with Crippen molar-refractivity contribution in [1.82, 2.24) is 5.32 Å². The van der Waals surface area contributed by atoms with Crippen molar-refractivity contribution in [2.45, 2.75) is 15.6 Å². The second-order valence-electron chi connectivity index (χ2n) is 5.77. The van der Waals surface area contributed by atoms with Crippen LogP contribution in [0.2, 0.25) is 0 Å². The molecule has 10 heteroatoms. The van der Waals surface area contributed by atoms with E-state index in [9.17, 15) is 26.4 Å². The van der Waals surface area contributed by atoms with E-state index in [-0.39, 0.29) is 16.3 Å². The Morgan fingerprint density at radius 2 is 1.64 bits per heavy atom. The molecular formula is C18H14F3NO3S3. The number of alkyl halides is 3. The normalized spacial score (nSPS) is 13.2. The fourth-order valence-electron chi connectivity index (χ4n) is 2.50. The van der Waals surface area contributed by atoms with Crippen LogP contribution in [0, 0.1) is 0 Å². The Morgan fingerprint density at radius 3 is 2.18 bits per heavy atom. The molecule has 4 nitrogen and oxygen atoms in total. The van der Waals surface area contributed by atoms with E-state index in [4.69, 9.17) is 0 Å². The van der Waals surface area contributed by atoms with Crippen LogP contribution in [0.4, 0.5) is 13.2 Å². The molecule has 0 aliphatic rings. The lowest BCUT2D eigenvalue weighted by Gasteiger charge is -2.16. The Hall–Kier alpha value is -2.17. The van der Waals surface area contributed by atoms with Crippen LogP contribution in [0.5, 0.6) is 0 Å². The number of amides is 1. The number of hydrogen-bond acceptors (Lipinski definition) is 5. The molecule has 2 heterocycles. The topological polar surface area (TPSA) is 63.2 Å². The molecule has 28 heavy (non-hydrogen) atoms. The first-order chi connectivity index (χ1) is 13.2. The molecule has 0 spiro atoms. The van der Waals surface area contributed by atoms with E-state index in [0.717, 1.165) is 35.6 Å². The zero-order valence-electron chi connectivity index (χ0n) is 14.1. The minimum atomic E-state index is -4.49. The molecule has 0 saturated carbocycles. The Kier molecular flexibility index (Phi) is 5.92. The van der Waals surface area contributed by atoms with Gasteiger partial charge in [0.1, 0.15) is 9.46 Å². The molecule has 0 radical (unpaired) electrons. The van der Waals surface area contributed by atoms with Gasteiger partial charge in [0.25, 0.3) is 5.91 Å². The second kappa shape index (κ2) is 8.06. The summed E-state index contributed by atoms with van der Waals surface area (Å²) in [4.78, 5) is 12.9. The molecule has 1 N–H and O–H groups in total. The van der Waals surface area contributed by atoms with Crippen molar-refractivity contribution in [2.75, 3.05) is 6.54 Å². The van der Waals surface area contributed by atoms with Gasteiger partial charge < -0.3 is 5.32 Å². The smallest absolute Gasteiger partial charge is 0.350 e. The summed E-state index contributed by atoms with van der Waals surface area (Å²) in [6.45, 7) is -0.194. The standard InChI is InChI=1S/C18H14F3NO3S3/c19-18(20,21)13-7-5-12(6-8-13)17(23)22-11-15(14-3-1-9-26-14)28(24,25)16-4-2-10-27-16/h1-10,15H,11H2,(H,22,23). The van der Waals surface area contributed by atoms with Crippen molar-refractivity contribution in [1.29, 1.82) is 0 Å².